The van der Waals surface area contributed by atoms with Crippen LogP contribution >= 0.6 is 11.8 Å². The summed E-state index contributed by atoms with van der Waals surface area (Å²) in [7, 11) is 1.56. The molecule has 1 heterocycles. The lowest BCUT2D eigenvalue weighted by Crippen LogP contribution is -2.33. The molecular weight excluding hydrogens is 450 g/mol. The average Bonchev–Trinajstić information content (AvgIpc) is 3.24. The summed E-state index contributed by atoms with van der Waals surface area (Å²) in [5, 5.41) is 15.2. The van der Waals surface area contributed by atoms with Gasteiger partial charge < -0.3 is 19.9 Å². The Hall–Kier alpha value is -3.59. The van der Waals surface area contributed by atoms with E-state index in [0.717, 1.165) is 0 Å². The summed E-state index contributed by atoms with van der Waals surface area (Å²) in [6.07, 6.45) is 1.74. The number of carbonyl (C=O) groups is 2. The van der Waals surface area contributed by atoms with Crippen LogP contribution in [0.4, 0.5) is 5.69 Å². The van der Waals surface area contributed by atoms with Crippen molar-refractivity contribution in [3.05, 3.63) is 78.6 Å². The monoisotopic (exact) mass is 479 g/mol. The predicted molar refractivity (Wildman–Crippen MR) is 134 cm³/mol. The standard InChI is InChI=1S/C25H29N5O3S/c1-5-15-30-23(22(17(2)3)27-24(32)18-11-7-6-8-12-18)28-29-25(30)34-16-21(31)26-19-13-9-10-14-20(19)33-4/h5-14,17,22H,1,15-16H2,2-4H3,(H,26,31)(H,27,32)/t22-/m1/s1. The molecule has 0 saturated carbocycles. The van der Waals surface area contributed by atoms with E-state index >= 15 is 0 Å². The fourth-order valence-corrected chi connectivity index (χ4v) is 4.10. The van der Waals surface area contributed by atoms with Gasteiger partial charge in [0, 0.05) is 12.1 Å². The van der Waals surface area contributed by atoms with Gasteiger partial charge in [-0.2, -0.15) is 0 Å². The second kappa shape index (κ2) is 12.0. The Morgan fingerprint density at radius 1 is 1.12 bits per heavy atom. The first-order chi connectivity index (χ1) is 16.4. The maximum atomic E-state index is 12.8. The molecule has 8 nitrogen and oxygen atoms in total. The number of amides is 2. The molecule has 2 aromatic carbocycles. The number of aromatic nitrogens is 3. The third-order valence-corrected chi connectivity index (χ3v) is 6.00. The Labute approximate surface area is 203 Å². The van der Waals surface area contributed by atoms with Crippen molar-refractivity contribution in [2.24, 2.45) is 5.92 Å². The molecule has 0 aliphatic carbocycles. The van der Waals surface area contributed by atoms with Gasteiger partial charge in [-0.3, -0.25) is 9.59 Å². The summed E-state index contributed by atoms with van der Waals surface area (Å²) in [5.41, 5.74) is 1.18. The van der Waals surface area contributed by atoms with Crippen molar-refractivity contribution in [2.75, 3.05) is 18.2 Å². The molecule has 3 rings (SSSR count). The number of hydrogen-bond donors (Lipinski definition) is 2. The Morgan fingerprint density at radius 2 is 1.82 bits per heavy atom. The smallest absolute Gasteiger partial charge is 0.251 e. The molecule has 0 fully saturated rings. The fraction of sp³-hybridized carbons (Fsp3) is 0.280. The van der Waals surface area contributed by atoms with E-state index in [1.165, 1.54) is 11.8 Å². The number of nitrogens with zero attached hydrogens (tertiary/aromatic N) is 3. The van der Waals surface area contributed by atoms with Gasteiger partial charge in [-0.15, -0.1) is 16.8 Å². The highest BCUT2D eigenvalue weighted by atomic mass is 32.2. The zero-order valence-corrected chi connectivity index (χ0v) is 20.3. The van der Waals surface area contributed by atoms with Gasteiger partial charge in [0.15, 0.2) is 11.0 Å². The molecule has 1 aromatic heterocycles. The van der Waals surface area contributed by atoms with Gasteiger partial charge in [0.2, 0.25) is 5.91 Å². The Bertz CT molecular complexity index is 1130. The third-order valence-electron chi connectivity index (χ3n) is 5.04. The molecule has 178 valence electrons. The van der Waals surface area contributed by atoms with Crippen LogP contribution in [0.25, 0.3) is 0 Å². The average molecular weight is 480 g/mol. The van der Waals surface area contributed by atoms with Crippen LogP contribution in [0, 0.1) is 5.92 Å². The van der Waals surface area contributed by atoms with Crippen molar-refractivity contribution >= 4 is 29.3 Å². The molecule has 3 aromatic rings. The summed E-state index contributed by atoms with van der Waals surface area (Å²) in [6, 6.07) is 15.9. The molecule has 0 radical (unpaired) electrons. The van der Waals surface area contributed by atoms with Crippen molar-refractivity contribution in [1.82, 2.24) is 20.1 Å². The van der Waals surface area contributed by atoms with E-state index in [1.54, 1.807) is 37.5 Å². The van der Waals surface area contributed by atoms with E-state index in [4.69, 9.17) is 4.74 Å². The van der Waals surface area contributed by atoms with E-state index in [0.29, 0.717) is 34.5 Å². The lowest BCUT2D eigenvalue weighted by Gasteiger charge is -2.22. The van der Waals surface area contributed by atoms with E-state index in [2.05, 4.69) is 27.4 Å². The molecule has 0 unspecified atom stereocenters. The number of nitrogens with one attached hydrogen (secondary N) is 2. The highest BCUT2D eigenvalue weighted by Crippen LogP contribution is 2.27. The maximum Gasteiger partial charge on any atom is 0.251 e. The highest BCUT2D eigenvalue weighted by molar-refractivity contribution is 7.99. The van der Waals surface area contributed by atoms with Crippen molar-refractivity contribution < 1.29 is 14.3 Å². The second-order valence-electron chi connectivity index (χ2n) is 7.84. The minimum absolute atomic E-state index is 0.0621. The molecule has 0 aliphatic rings. The van der Waals surface area contributed by atoms with Crippen LogP contribution in [0.3, 0.4) is 0 Å². The largest absolute Gasteiger partial charge is 0.495 e. The Kier molecular flexibility index (Phi) is 8.86. The van der Waals surface area contributed by atoms with Gasteiger partial charge in [0.25, 0.3) is 5.91 Å². The molecule has 34 heavy (non-hydrogen) atoms. The van der Waals surface area contributed by atoms with Crippen LogP contribution in [0.15, 0.2) is 72.4 Å². The molecule has 0 bridgehead atoms. The first-order valence-electron chi connectivity index (χ1n) is 10.9. The summed E-state index contributed by atoms with van der Waals surface area (Å²) >= 11 is 1.27. The van der Waals surface area contributed by atoms with Crippen molar-refractivity contribution in [2.45, 2.75) is 31.6 Å². The van der Waals surface area contributed by atoms with E-state index < -0.39 is 0 Å². The Morgan fingerprint density at radius 3 is 2.50 bits per heavy atom. The van der Waals surface area contributed by atoms with E-state index in [9.17, 15) is 9.59 Å². The van der Waals surface area contributed by atoms with Gasteiger partial charge in [-0.1, -0.05) is 62.0 Å². The minimum atomic E-state index is -0.364. The number of thioether (sulfide) groups is 1. The van der Waals surface area contributed by atoms with Crippen LogP contribution in [0.2, 0.25) is 0 Å². The van der Waals surface area contributed by atoms with Gasteiger partial charge >= 0.3 is 0 Å². The number of ether oxygens (including phenoxy) is 1. The van der Waals surface area contributed by atoms with Crippen LogP contribution in [-0.4, -0.2) is 39.4 Å². The van der Waals surface area contributed by atoms with Crippen LogP contribution < -0.4 is 15.4 Å². The number of carbonyl (C=O) groups excluding carboxylic acids is 2. The summed E-state index contributed by atoms with van der Waals surface area (Å²) in [4.78, 5) is 25.3. The molecule has 2 amide bonds. The Balaban J connectivity index is 1.75. The number of allylic oxidation sites excluding steroid dienone is 1. The summed E-state index contributed by atoms with van der Waals surface area (Å²) in [6.45, 7) is 8.30. The number of para-hydroxylation sites is 2. The minimum Gasteiger partial charge on any atom is -0.495 e. The SMILES string of the molecule is C=CCn1c(SCC(=O)Nc2ccccc2OC)nnc1[C@H](NC(=O)c1ccccc1)C(C)C. The van der Waals surface area contributed by atoms with Gasteiger partial charge in [-0.05, 0) is 30.2 Å². The van der Waals surface area contributed by atoms with Gasteiger partial charge in [0.05, 0.1) is 24.6 Å². The number of methoxy groups -OCH3 is 1. The number of hydrogen-bond acceptors (Lipinski definition) is 6. The van der Waals surface area contributed by atoms with Crippen molar-refractivity contribution in [3.63, 3.8) is 0 Å². The van der Waals surface area contributed by atoms with Crippen LogP contribution in [-0.2, 0) is 11.3 Å². The maximum absolute atomic E-state index is 12.8. The first kappa shape index (κ1) is 25.0. The molecule has 0 spiro atoms. The molecule has 1 atom stereocenters. The quantitative estimate of drug-likeness (QED) is 0.314. The predicted octanol–water partition coefficient (Wildman–Crippen LogP) is 4.33. The topological polar surface area (TPSA) is 98.1 Å². The lowest BCUT2D eigenvalue weighted by atomic mass is 10.0. The van der Waals surface area contributed by atoms with Crippen LogP contribution in [0.1, 0.15) is 36.1 Å². The highest BCUT2D eigenvalue weighted by Gasteiger charge is 2.26. The first-order valence-corrected chi connectivity index (χ1v) is 11.9. The zero-order chi connectivity index (χ0) is 24.5. The molecule has 2 N–H and O–H groups in total. The number of rotatable bonds is 11. The van der Waals surface area contributed by atoms with Gasteiger partial charge in [0.1, 0.15) is 5.75 Å². The van der Waals surface area contributed by atoms with Crippen molar-refractivity contribution in [1.29, 1.82) is 0 Å². The molecule has 9 heteroatoms. The van der Waals surface area contributed by atoms with Gasteiger partial charge in [-0.25, -0.2) is 0 Å². The fourth-order valence-electron chi connectivity index (χ4n) is 3.35. The third kappa shape index (κ3) is 6.26. The molecule has 0 aliphatic heterocycles. The van der Waals surface area contributed by atoms with E-state index in [-0.39, 0.29) is 29.5 Å². The number of anilines is 1. The van der Waals surface area contributed by atoms with Crippen LogP contribution in [0.5, 0.6) is 5.75 Å². The summed E-state index contributed by atoms with van der Waals surface area (Å²) in [5.74, 6) is 1.03. The van der Waals surface area contributed by atoms with E-state index in [1.807, 2.05) is 48.7 Å². The number of benzene rings is 2. The normalized spacial score (nSPS) is 11.6. The molecule has 0 saturated heterocycles. The summed E-state index contributed by atoms with van der Waals surface area (Å²) < 4.78 is 7.16. The zero-order valence-electron chi connectivity index (χ0n) is 19.5. The molecular formula is C25H29N5O3S. The second-order valence-corrected chi connectivity index (χ2v) is 8.78. The lowest BCUT2D eigenvalue weighted by molar-refractivity contribution is -0.113. The van der Waals surface area contributed by atoms with Crippen molar-refractivity contribution in [3.8, 4) is 5.75 Å².